The van der Waals surface area contributed by atoms with Crippen molar-refractivity contribution in [1.29, 1.82) is 0 Å². The molecule has 0 atom stereocenters. The van der Waals surface area contributed by atoms with Crippen molar-refractivity contribution in [3.63, 3.8) is 0 Å². The summed E-state index contributed by atoms with van der Waals surface area (Å²) in [6.45, 7) is 8.27. The third-order valence-electron chi connectivity index (χ3n) is 1.70. The summed E-state index contributed by atoms with van der Waals surface area (Å²) < 4.78 is 13.1. The van der Waals surface area contributed by atoms with Crippen LogP contribution in [0.25, 0.3) is 0 Å². The number of ether oxygens (including phenoxy) is 2. The molecule has 0 spiro atoms. The zero-order chi connectivity index (χ0) is 12.0. The van der Waals surface area contributed by atoms with Crippen LogP contribution in [0.3, 0.4) is 0 Å². The minimum absolute atomic E-state index is 0.513. The Balaban J connectivity index is 2.87. The van der Waals surface area contributed by atoms with Crippen LogP contribution in [0.2, 0.25) is 0 Å². The van der Waals surface area contributed by atoms with E-state index in [2.05, 4.69) is 58.3 Å². The molecule has 0 amide bonds. The average molecular weight is 442 g/mol. The minimum atomic E-state index is 0.513. The van der Waals surface area contributed by atoms with E-state index in [0.717, 1.165) is 18.6 Å². The Morgan fingerprint density at radius 2 is 1.31 bits per heavy atom. The second kappa shape index (κ2) is 7.16. The van der Waals surface area contributed by atoms with Crippen LogP contribution < -0.4 is 9.47 Å². The Morgan fingerprint density at radius 1 is 0.938 bits per heavy atom. The first-order chi connectivity index (χ1) is 7.69. The Kier molecular flexibility index (Phi) is 6.18. The molecule has 86 valence electrons. The number of hydrogen-bond acceptors (Lipinski definition) is 2. The lowest BCUT2D eigenvalue weighted by molar-refractivity contribution is 0.348. The average Bonchev–Trinajstić information content (AvgIpc) is 2.28. The van der Waals surface area contributed by atoms with Gasteiger partial charge in [-0.2, -0.15) is 0 Å². The van der Waals surface area contributed by atoms with E-state index in [1.54, 1.807) is 12.2 Å². The van der Waals surface area contributed by atoms with Gasteiger partial charge in [0.2, 0.25) is 0 Å². The second-order valence-electron chi connectivity index (χ2n) is 2.91. The van der Waals surface area contributed by atoms with Crippen molar-refractivity contribution in [2.24, 2.45) is 0 Å². The van der Waals surface area contributed by atoms with Crippen LogP contribution >= 0.6 is 45.2 Å². The summed E-state index contributed by atoms with van der Waals surface area (Å²) in [4.78, 5) is 0. The second-order valence-corrected chi connectivity index (χ2v) is 5.24. The monoisotopic (exact) mass is 442 g/mol. The van der Waals surface area contributed by atoms with Crippen LogP contribution in [0.4, 0.5) is 0 Å². The highest BCUT2D eigenvalue weighted by Crippen LogP contribution is 2.31. The quantitative estimate of drug-likeness (QED) is 0.490. The fourth-order valence-electron chi connectivity index (χ4n) is 1.03. The first-order valence-corrected chi connectivity index (χ1v) is 6.81. The van der Waals surface area contributed by atoms with Crippen LogP contribution in [-0.4, -0.2) is 13.2 Å². The first-order valence-electron chi connectivity index (χ1n) is 4.65. The normalized spacial score (nSPS) is 9.62. The van der Waals surface area contributed by atoms with E-state index in [-0.39, 0.29) is 0 Å². The van der Waals surface area contributed by atoms with Gasteiger partial charge in [-0.05, 0) is 57.3 Å². The molecule has 16 heavy (non-hydrogen) atoms. The van der Waals surface area contributed by atoms with E-state index in [1.807, 2.05) is 12.1 Å². The predicted octanol–water partition coefficient (Wildman–Crippen LogP) is 4.03. The summed E-state index contributed by atoms with van der Waals surface area (Å²) in [5, 5.41) is 0. The van der Waals surface area contributed by atoms with Crippen molar-refractivity contribution >= 4 is 45.2 Å². The molecule has 0 aliphatic carbocycles. The van der Waals surface area contributed by atoms with Crippen molar-refractivity contribution < 1.29 is 9.47 Å². The molecular weight excluding hydrogens is 430 g/mol. The molecule has 1 rings (SSSR count). The zero-order valence-electron chi connectivity index (χ0n) is 8.71. The van der Waals surface area contributed by atoms with Crippen LogP contribution in [0.5, 0.6) is 11.5 Å². The first kappa shape index (κ1) is 13.8. The van der Waals surface area contributed by atoms with Crippen molar-refractivity contribution in [3.8, 4) is 11.5 Å². The van der Waals surface area contributed by atoms with E-state index >= 15 is 0 Å². The van der Waals surface area contributed by atoms with E-state index in [4.69, 9.17) is 9.47 Å². The van der Waals surface area contributed by atoms with E-state index in [1.165, 1.54) is 0 Å². The Bertz CT molecular complexity index is 351. The maximum atomic E-state index is 5.52. The minimum Gasteiger partial charge on any atom is -0.488 e. The van der Waals surface area contributed by atoms with Crippen molar-refractivity contribution in [2.45, 2.75) is 0 Å². The van der Waals surface area contributed by atoms with Crippen molar-refractivity contribution in [1.82, 2.24) is 0 Å². The van der Waals surface area contributed by atoms with Gasteiger partial charge in [0, 0.05) is 0 Å². The fourth-order valence-corrected chi connectivity index (χ4v) is 2.22. The molecule has 0 bridgehead atoms. The number of halogens is 2. The molecule has 0 aliphatic rings. The molecule has 0 unspecified atom stereocenters. The summed E-state index contributed by atoms with van der Waals surface area (Å²) in [7, 11) is 0. The number of hydrogen-bond donors (Lipinski definition) is 0. The van der Waals surface area contributed by atoms with Gasteiger partial charge >= 0.3 is 0 Å². The third kappa shape index (κ3) is 3.97. The molecule has 0 N–H and O–H groups in total. The van der Waals surface area contributed by atoms with E-state index in [9.17, 15) is 0 Å². The number of benzene rings is 1. The van der Waals surface area contributed by atoms with Gasteiger partial charge in [-0.25, -0.2) is 0 Å². The molecule has 0 fully saturated rings. The molecule has 0 aromatic heterocycles. The van der Waals surface area contributed by atoms with Crippen LogP contribution in [0.1, 0.15) is 0 Å². The van der Waals surface area contributed by atoms with Crippen molar-refractivity contribution in [2.75, 3.05) is 13.2 Å². The summed E-state index contributed by atoms with van der Waals surface area (Å²) in [6.07, 6.45) is 3.45. The topological polar surface area (TPSA) is 18.5 Å². The van der Waals surface area contributed by atoms with Gasteiger partial charge in [0.25, 0.3) is 0 Å². The molecule has 4 heteroatoms. The Hall–Kier alpha value is -0.240. The summed E-state index contributed by atoms with van der Waals surface area (Å²) in [5.74, 6) is 1.71. The van der Waals surface area contributed by atoms with Gasteiger partial charge in [0.15, 0.2) is 0 Å². The largest absolute Gasteiger partial charge is 0.488 e. The highest BCUT2D eigenvalue weighted by Gasteiger charge is 2.08. The van der Waals surface area contributed by atoms with Gasteiger partial charge in [-0.15, -0.1) is 0 Å². The van der Waals surface area contributed by atoms with Crippen LogP contribution in [0, 0.1) is 7.14 Å². The molecule has 1 aromatic carbocycles. The zero-order valence-corrected chi connectivity index (χ0v) is 13.0. The lowest BCUT2D eigenvalue weighted by atomic mass is 10.3. The highest BCUT2D eigenvalue weighted by atomic mass is 127. The summed E-state index contributed by atoms with van der Waals surface area (Å²) in [6, 6.07) is 3.93. The summed E-state index contributed by atoms with van der Waals surface area (Å²) in [5.41, 5.74) is 0. The SMILES string of the molecule is C=CCOc1cc(I)c(OCC=C)cc1I. The Morgan fingerprint density at radius 3 is 1.62 bits per heavy atom. The molecule has 0 aliphatic heterocycles. The highest BCUT2D eigenvalue weighted by molar-refractivity contribution is 14.1. The molecule has 0 radical (unpaired) electrons. The maximum Gasteiger partial charge on any atom is 0.134 e. The van der Waals surface area contributed by atoms with Crippen LogP contribution in [0.15, 0.2) is 37.4 Å². The fraction of sp³-hybridized carbons (Fsp3) is 0.167. The predicted molar refractivity (Wildman–Crippen MR) is 83.3 cm³/mol. The maximum absolute atomic E-state index is 5.52. The molecule has 0 saturated carbocycles. The van der Waals surface area contributed by atoms with Gasteiger partial charge in [0.05, 0.1) is 7.14 Å². The Labute approximate surface area is 123 Å². The van der Waals surface area contributed by atoms with Gasteiger partial charge in [-0.3, -0.25) is 0 Å². The molecule has 2 nitrogen and oxygen atoms in total. The standard InChI is InChI=1S/C12H12I2O2/c1-3-5-15-11-7-10(14)12(8-9(11)13)16-6-4-2/h3-4,7-8H,1-2,5-6H2. The third-order valence-corrected chi connectivity index (χ3v) is 3.39. The molecule has 0 heterocycles. The van der Waals surface area contributed by atoms with Gasteiger partial charge < -0.3 is 9.47 Å². The summed E-state index contributed by atoms with van der Waals surface area (Å²) >= 11 is 4.45. The molecule has 1 aromatic rings. The van der Waals surface area contributed by atoms with E-state index in [0.29, 0.717) is 13.2 Å². The smallest absolute Gasteiger partial charge is 0.134 e. The van der Waals surface area contributed by atoms with E-state index < -0.39 is 0 Å². The van der Waals surface area contributed by atoms with Crippen molar-refractivity contribution in [3.05, 3.63) is 44.6 Å². The van der Waals surface area contributed by atoms with Gasteiger partial charge in [-0.1, -0.05) is 25.3 Å². The van der Waals surface area contributed by atoms with Crippen LogP contribution in [-0.2, 0) is 0 Å². The lowest BCUT2D eigenvalue weighted by Gasteiger charge is -2.11. The van der Waals surface area contributed by atoms with Gasteiger partial charge in [0.1, 0.15) is 24.7 Å². The lowest BCUT2D eigenvalue weighted by Crippen LogP contribution is -1.99. The number of rotatable bonds is 6. The molecular formula is C12H12I2O2. The molecule has 0 saturated heterocycles.